The summed E-state index contributed by atoms with van der Waals surface area (Å²) in [7, 11) is -5.61. The van der Waals surface area contributed by atoms with Crippen LogP contribution in [0.15, 0.2) is 0 Å². The van der Waals surface area contributed by atoms with Gasteiger partial charge in [-0.3, -0.25) is 0 Å². The predicted molar refractivity (Wildman–Crippen MR) is 5.75 cm³/mol. The van der Waals surface area contributed by atoms with Crippen molar-refractivity contribution in [3.8, 4) is 0 Å². The molecular formula is O4SiTh. The van der Waals surface area contributed by atoms with E-state index in [4.69, 9.17) is 19.2 Å². The molecule has 0 fully saturated rings. The monoisotopic (exact) mass is 324 g/mol. The van der Waals surface area contributed by atoms with Gasteiger partial charge in [-0.15, -0.1) is 0 Å². The summed E-state index contributed by atoms with van der Waals surface area (Å²) in [4.78, 5) is 34.3. The molecule has 0 atom stereocenters. The first-order chi connectivity index (χ1) is 2.00. The fraction of sp³-hybridized carbons (Fsp3) is 0. The summed E-state index contributed by atoms with van der Waals surface area (Å²) < 4.78 is 0. The van der Waals surface area contributed by atoms with Crippen molar-refractivity contribution in [3.05, 3.63) is 0 Å². The Labute approximate surface area is 67.6 Å². The molecule has 0 aliphatic carbocycles. The van der Waals surface area contributed by atoms with E-state index >= 15 is 0 Å². The van der Waals surface area contributed by atoms with Crippen LogP contribution < -0.4 is 19.2 Å². The summed E-state index contributed by atoms with van der Waals surface area (Å²) in [6.07, 6.45) is 0. The standard InChI is InChI=1S/O4Si.Th/c1-5(2,3)4;/q-4;+4. The minimum absolute atomic E-state index is 0. The second-order valence-corrected chi connectivity index (χ2v) is 1.50. The Kier molecular flexibility index (Phi) is 5.87. The molecule has 0 N–H and O–H groups in total. The van der Waals surface area contributed by atoms with Gasteiger partial charge in [0.2, 0.25) is 0 Å². The Morgan fingerprint density at radius 1 is 0.833 bits per heavy atom. The van der Waals surface area contributed by atoms with Crippen LogP contribution in [0.4, 0.5) is 0 Å². The van der Waals surface area contributed by atoms with Crippen molar-refractivity contribution in [2.24, 2.45) is 0 Å². The Hall–Kier alpha value is 1.38. The average molecular weight is 324 g/mol. The summed E-state index contributed by atoms with van der Waals surface area (Å²) in [5, 5.41) is 0. The van der Waals surface area contributed by atoms with E-state index in [1.165, 1.54) is 0 Å². The zero-order chi connectivity index (χ0) is 4.50. The maximum atomic E-state index is 8.58. The molecule has 0 aromatic rings. The normalized spacial score (nSPS) is 10.0. The van der Waals surface area contributed by atoms with E-state index in [0.717, 1.165) is 0 Å². The molecule has 32 valence electrons. The van der Waals surface area contributed by atoms with Gasteiger partial charge >= 0.3 is 39.9 Å². The van der Waals surface area contributed by atoms with Crippen LogP contribution in [0.1, 0.15) is 0 Å². The van der Waals surface area contributed by atoms with Gasteiger partial charge in [0.15, 0.2) is 0 Å². The van der Waals surface area contributed by atoms with Gasteiger partial charge in [0.25, 0.3) is 0 Å². The van der Waals surface area contributed by atoms with Crippen LogP contribution >= 0.6 is 0 Å². The second kappa shape index (κ2) is 3.39. The molecule has 0 unspecified atom stereocenters. The maximum absolute atomic E-state index is 8.58. The van der Waals surface area contributed by atoms with Crippen LogP contribution in [0.3, 0.4) is 0 Å². The van der Waals surface area contributed by atoms with Crippen molar-refractivity contribution in [3.63, 3.8) is 0 Å². The van der Waals surface area contributed by atoms with Crippen LogP contribution in [0.2, 0.25) is 0 Å². The molecule has 0 bridgehead atoms. The summed E-state index contributed by atoms with van der Waals surface area (Å²) in [6, 6.07) is 0. The van der Waals surface area contributed by atoms with Crippen LogP contribution in [-0.2, 0) is 0 Å². The fourth-order valence-corrected chi connectivity index (χ4v) is 0. The van der Waals surface area contributed by atoms with Gasteiger partial charge < -0.3 is 28.2 Å². The summed E-state index contributed by atoms with van der Waals surface area (Å²) >= 11 is 0. The summed E-state index contributed by atoms with van der Waals surface area (Å²) in [5.41, 5.74) is 0. The zero-order valence-electron chi connectivity index (χ0n) is 2.63. The predicted octanol–water partition coefficient (Wildman–Crippen LogP) is -5.14. The second-order valence-electron chi connectivity index (χ2n) is 0.500. The van der Waals surface area contributed by atoms with E-state index in [9.17, 15) is 0 Å². The van der Waals surface area contributed by atoms with Crippen LogP contribution in [0, 0.1) is 39.9 Å². The van der Waals surface area contributed by atoms with Crippen LogP contribution in [-0.4, -0.2) is 9.05 Å². The van der Waals surface area contributed by atoms with Gasteiger partial charge in [-0.05, 0) is 0 Å². The fourth-order valence-electron chi connectivity index (χ4n) is 0. The van der Waals surface area contributed by atoms with E-state index in [2.05, 4.69) is 0 Å². The van der Waals surface area contributed by atoms with Gasteiger partial charge in [-0.1, -0.05) is 0 Å². The third-order valence-electron chi connectivity index (χ3n) is 0. The molecule has 0 saturated carbocycles. The molecule has 4 nitrogen and oxygen atoms in total. The Balaban J connectivity index is 0. The molecule has 0 aromatic carbocycles. The quantitative estimate of drug-likeness (QED) is 0.417. The molecule has 0 aliphatic heterocycles. The van der Waals surface area contributed by atoms with Crippen molar-refractivity contribution in [1.29, 1.82) is 0 Å². The van der Waals surface area contributed by atoms with Gasteiger partial charge in [0, 0.05) is 0 Å². The topological polar surface area (TPSA) is 92.2 Å². The first-order valence-corrected chi connectivity index (χ1v) is 2.45. The van der Waals surface area contributed by atoms with Crippen molar-refractivity contribution >= 4 is 9.05 Å². The largest absolute Gasteiger partial charge is 4.00 e. The van der Waals surface area contributed by atoms with E-state index in [1.807, 2.05) is 0 Å². The van der Waals surface area contributed by atoms with Crippen molar-refractivity contribution in [1.82, 2.24) is 0 Å². The minimum atomic E-state index is -5.61. The Bertz CT molecular complexity index is 23.0. The van der Waals surface area contributed by atoms with Crippen molar-refractivity contribution in [2.75, 3.05) is 0 Å². The summed E-state index contributed by atoms with van der Waals surface area (Å²) in [5.74, 6) is 0. The molecule has 0 heterocycles. The Morgan fingerprint density at radius 3 is 0.833 bits per heavy atom. The smallest absolute Gasteiger partial charge is 0.894 e. The summed E-state index contributed by atoms with van der Waals surface area (Å²) in [6.45, 7) is 0. The molecule has 6 heavy (non-hydrogen) atoms. The SMILES string of the molecule is [O-][Si]([O-])([O-])[O-].[Th+4]. The third kappa shape index (κ3) is 54.1. The van der Waals surface area contributed by atoms with Gasteiger partial charge in [0.05, 0.1) is 0 Å². The minimum Gasteiger partial charge on any atom is -0.894 e. The van der Waals surface area contributed by atoms with Crippen molar-refractivity contribution < 1.29 is 59.1 Å². The molecule has 0 radical (unpaired) electrons. The van der Waals surface area contributed by atoms with E-state index < -0.39 is 9.05 Å². The molecule has 0 amide bonds. The van der Waals surface area contributed by atoms with Gasteiger partial charge in [-0.2, -0.15) is 0 Å². The molecule has 0 saturated heterocycles. The molecule has 6 heteroatoms. The first kappa shape index (κ1) is 10.4. The van der Waals surface area contributed by atoms with Crippen LogP contribution in [0.25, 0.3) is 0 Å². The number of hydrogen-bond acceptors (Lipinski definition) is 4. The van der Waals surface area contributed by atoms with E-state index in [1.54, 1.807) is 0 Å². The number of hydrogen-bond donors (Lipinski definition) is 0. The number of rotatable bonds is 0. The van der Waals surface area contributed by atoms with Crippen molar-refractivity contribution in [2.45, 2.75) is 0 Å². The molecule has 0 aliphatic rings. The van der Waals surface area contributed by atoms with Crippen LogP contribution in [0.5, 0.6) is 0 Å². The zero-order valence-corrected chi connectivity index (χ0v) is 7.74. The molecule has 0 spiro atoms. The van der Waals surface area contributed by atoms with Gasteiger partial charge in [-0.25, -0.2) is 0 Å². The maximum Gasteiger partial charge on any atom is 4.00 e. The molecule has 0 aromatic heterocycles. The average Bonchev–Trinajstić information content (AvgIpc) is 0.722. The first-order valence-electron chi connectivity index (χ1n) is 0.816. The molecule has 0 rings (SSSR count). The van der Waals surface area contributed by atoms with E-state index in [0.29, 0.717) is 0 Å². The molecular weight excluding hydrogens is 324 g/mol. The van der Waals surface area contributed by atoms with Gasteiger partial charge in [0.1, 0.15) is 0 Å². The third-order valence-corrected chi connectivity index (χ3v) is 0. The Morgan fingerprint density at radius 2 is 0.833 bits per heavy atom. The van der Waals surface area contributed by atoms with E-state index in [-0.39, 0.29) is 39.9 Å².